The summed E-state index contributed by atoms with van der Waals surface area (Å²) in [6.45, 7) is 6.77. The van der Waals surface area contributed by atoms with Gasteiger partial charge < -0.3 is 14.4 Å². The molecule has 5 heteroatoms. The molecule has 120 valence electrons. The maximum Gasteiger partial charge on any atom is 0.307 e. The predicted octanol–water partition coefficient (Wildman–Crippen LogP) is 2.42. The van der Waals surface area contributed by atoms with Gasteiger partial charge in [0.1, 0.15) is 5.75 Å². The van der Waals surface area contributed by atoms with Crippen molar-refractivity contribution in [2.45, 2.75) is 19.8 Å². The number of benzene rings is 1. The topological polar surface area (TPSA) is 55.8 Å². The lowest BCUT2D eigenvalue weighted by Crippen LogP contribution is -2.34. The Hall–Kier alpha value is -2.30. The standard InChI is InChI=1S/C17H23NO4/c1-3-12-18(13-10-17(20)21-4-2)16(19)11-14-22-15-8-6-5-7-9-15/h3,5-9H,1,4,10-14H2,2H3. The molecule has 0 saturated carbocycles. The Balaban J connectivity index is 2.37. The Morgan fingerprint density at radius 2 is 1.95 bits per heavy atom. The third kappa shape index (κ3) is 6.92. The molecule has 0 spiro atoms. The number of amides is 1. The van der Waals surface area contributed by atoms with Gasteiger partial charge in [0, 0.05) is 13.1 Å². The van der Waals surface area contributed by atoms with E-state index in [2.05, 4.69) is 6.58 Å². The first-order valence-electron chi connectivity index (χ1n) is 7.39. The summed E-state index contributed by atoms with van der Waals surface area (Å²) in [5, 5.41) is 0. The lowest BCUT2D eigenvalue weighted by atomic mass is 10.3. The Morgan fingerprint density at radius 1 is 1.23 bits per heavy atom. The number of carbonyl (C=O) groups excluding carboxylic acids is 2. The summed E-state index contributed by atoms with van der Waals surface area (Å²) < 4.78 is 10.4. The van der Waals surface area contributed by atoms with Crippen LogP contribution in [-0.2, 0) is 14.3 Å². The van der Waals surface area contributed by atoms with Gasteiger partial charge in [-0.2, -0.15) is 0 Å². The Kier molecular flexibility index (Phi) is 8.42. The second-order valence-electron chi connectivity index (χ2n) is 4.59. The van der Waals surface area contributed by atoms with Gasteiger partial charge >= 0.3 is 5.97 Å². The van der Waals surface area contributed by atoms with E-state index in [1.807, 2.05) is 30.3 Å². The fourth-order valence-corrected chi connectivity index (χ4v) is 1.86. The highest BCUT2D eigenvalue weighted by molar-refractivity contribution is 5.77. The fraction of sp³-hybridized carbons (Fsp3) is 0.412. The van der Waals surface area contributed by atoms with Crippen LogP contribution in [-0.4, -0.2) is 43.1 Å². The van der Waals surface area contributed by atoms with Crippen molar-refractivity contribution in [3.8, 4) is 5.75 Å². The predicted molar refractivity (Wildman–Crippen MR) is 84.6 cm³/mol. The number of hydrogen-bond donors (Lipinski definition) is 0. The summed E-state index contributed by atoms with van der Waals surface area (Å²) in [6, 6.07) is 9.33. The minimum Gasteiger partial charge on any atom is -0.493 e. The van der Waals surface area contributed by atoms with Crippen LogP contribution in [0.1, 0.15) is 19.8 Å². The second kappa shape index (κ2) is 10.4. The fourth-order valence-electron chi connectivity index (χ4n) is 1.86. The third-order valence-electron chi connectivity index (χ3n) is 2.92. The van der Waals surface area contributed by atoms with Crippen LogP contribution in [0.3, 0.4) is 0 Å². The number of ether oxygens (including phenoxy) is 2. The summed E-state index contributed by atoms with van der Waals surface area (Å²) in [6.07, 6.45) is 2.08. The molecular weight excluding hydrogens is 282 g/mol. The molecule has 0 N–H and O–H groups in total. The number of nitrogens with zero attached hydrogens (tertiary/aromatic N) is 1. The van der Waals surface area contributed by atoms with E-state index in [1.54, 1.807) is 17.9 Å². The van der Waals surface area contributed by atoms with Gasteiger partial charge in [-0.15, -0.1) is 6.58 Å². The average Bonchev–Trinajstić information content (AvgIpc) is 2.52. The van der Waals surface area contributed by atoms with Gasteiger partial charge in [-0.25, -0.2) is 0 Å². The Labute approximate surface area is 131 Å². The Bertz CT molecular complexity index is 473. The number of esters is 1. The van der Waals surface area contributed by atoms with Crippen molar-refractivity contribution >= 4 is 11.9 Å². The quantitative estimate of drug-likeness (QED) is 0.492. The first-order chi connectivity index (χ1) is 10.7. The maximum atomic E-state index is 12.1. The number of carbonyl (C=O) groups is 2. The molecule has 1 amide bonds. The smallest absolute Gasteiger partial charge is 0.307 e. The number of rotatable bonds is 10. The highest BCUT2D eigenvalue weighted by Crippen LogP contribution is 2.09. The van der Waals surface area contributed by atoms with Crippen LogP contribution in [0.25, 0.3) is 0 Å². The van der Waals surface area contributed by atoms with Gasteiger partial charge in [-0.1, -0.05) is 24.3 Å². The lowest BCUT2D eigenvalue weighted by Gasteiger charge is -2.20. The van der Waals surface area contributed by atoms with Crippen molar-refractivity contribution in [2.24, 2.45) is 0 Å². The lowest BCUT2D eigenvalue weighted by molar-refractivity contribution is -0.144. The molecule has 0 saturated heterocycles. The Morgan fingerprint density at radius 3 is 2.59 bits per heavy atom. The normalized spacial score (nSPS) is 9.86. The zero-order valence-electron chi connectivity index (χ0n) is 13.0. The van der Waals surface area contributed by atoms with Gasteiger partial charge in [0.25, 0.3) is 0 Å². The van der Waals surface area contributed by atoms with Gasteiger partial charge in [0.2, 0.25) is 5.91 Å². The molecule has 0 unspecified atom stereocenters. The monoisotopic (exact) mass is 305 g/mol. The molecule has 0 radical (unpaired) electrons. The van der Waals surface area contributed by atoms with Crippen molar-refractivity contribution in [1.29, 1.82) is 0 Å². The SMILES string of the molecule is C=CCN(CCC(=O)OCC)C(=O)CCOc1ccccc1. The molecule has 0 aliphatic rings. The van der Waals surface area contributed by atoms with E-state index in [4.69, 9.17) is 9.47 Å². The average molecular weight is 305 g/mol. The van der Waals surface area contributed by atoms with Crippen LogP contribution in [0.15, 0.2) is 43.0 Å². The van der Waals surface area contributed by atoms with Crippen molar-refractivity contribution in [3.05, 3.63) is 43.0 Å². The van der Waals surface area contributed by atoms with Crippen LogP contribution < -0.4 is 4.74 Å². The van der Waals surface area contributed by atoms with Crippen LogP contribution in [0, 0.1) is 0 Å². The van der Waals surface area contributed by atoms with Gasteiger partial charge in [-0.05, 0) is 19.1 Å². The van der Waals surface area contributed by atoms with Crippen molar-refractivity contribution < 1.29 is 19.1 Å². The minimum atomic E-state index is -0.301. The van der Waals surface area contributed by atoms with Crippen LogP contribution in [0.5, 0.6) is 5.75 Å². The highest BCUT2D eigenvalue weighted by atomic mass is 16.5. The van der Waals surface area contributed by atoms with Crippen molar-refractivity contribution in [3.63, 3.8) is 0 Å². The van der Waals surface area contributed by atoms with E-state index in [0.717, 1.165) is 5.75 Å². The summed E-state index contributed by atoms with van der Waals surface area (Å²) >= 11 is 0. The van der Waals surface area contributed by atoms with Crippen LogP contribution in [0.2, 0.25) is 0 Å². The van der Waals surface area contributed by atoms with E-state index in [9.17, 15) is 9.59 Å². The molecule has 22 heavy (non-hydrogen) atoms. The molecule has 0 aliphatic heterocycles. The van der Waals surface area contributed by atoms with E-state index < -0.39 is 0 Å². The highest BCUT2D eigenvalue weighted by Gasteiger charge is 2.14. The summed E-state index contributed by atoms with van der Waals surface area (Å²) in [5.74, 6) is 0.363. The van der Waals surface area contributed by atoms with Crippen molar-refractivity contribution in [2.75, 3.05) is 26.3 Å². The van der Waals surface area contributed by atoms with E-state index in [1.165, 1.54) is 0 Å². The molecule has 1 aromatic rings. The molecule has 0 heterocycles. The van der Waals surface area contributed by atoms with Crippen molar-refractivity contribution in [1.82, 2.24) is 4.90 Å². The maximum absolute atomic E-state index is 12.1. The van der Waals surface area contributed by atoms with Gasteiger partial charge in [0.05, 0.1) is 26.1 Å². The van der Waals surface area contributed by atoms with Crippen LogP contribution >= 0.6 is 0 Å². The van der Waals surface area contributed by atoms with Gasteiger partial charge in [-0.3, -0.25) is 9.59 Å². The number of para-hydroxylation sites is 1. The summed E-state index contributed by atoms with van der Waals surface area (Å²) in [4.78, 5) is 25.1. The molecule has 1 rings (SSSR count). The first-order valence-corrected chi connectivity index (χ1v) is 7.39. The third-order valence-corrected chi connectivity index (χ3v) is 2.92. The minimum absolute atomic E-state index is 0.0693. The molecule has 1 aromatic carbocycles. The molecule has 0 aromatic heterocycles. The molecule has 0 fully saturated rings. The van der Waals surface area contributed by atoms with Crippen LogP contribution in [0.4, 0.5) is 0 Å². The molecule has 5 nitrogen and oxygen atoms in total. The molecule has 0 aliphatic carbocycles. The number of hydrogen-bond acceptors (Lipinski definition) is 4. The largest absolute Gasteiger partial charge is 0.493 e. The summed E-state index contributed by atoms with van der Waals surface area (Å²) in [5.41, 5.74) is 0. The van der Waals surface area contributed by atoms with E-state index >= 15 is 0 Å². The molecular formula is C17H23NO4. The van der Waals surface area contributed by atoms with E-state index in [0.29, 0.717) is 26.3 Å². The first kappa shape index (κ1) is 17.8. The van der Waals surface area contributed by atoms with Gasteiger partial charge in [0.15, 0.2) is 0 Å². The zero-order valence-corrected chi connectivity index (χ0v) is 13.0. The second-order valence-corrected chi connectivity index (χ2v) is 4.59. The van der Waals surface area contributed by atoms with E-state index in [-0.39, 0.29) is 24.7 Å². The summed E-state index contributed by atoms with van der Waals surface area (Å²) in [7, 11) is 0. The molecule has 0 atom stereocenters. The zero-order chi connectivity index (χ0) is 16.2. The molecule has 0 bridgehead atoms.